The molecule has 0 bridgehead atoms. The van der Waals surface area contributed by atoms with Crippen LogP contribution in [0.15, 0.2) is 65.8 Å². The van der Waals surface area contributed by atoms with E-state index in [1.54, 1.807) is 0 Å². The second-order valence-corrected chi connectivity index (χ2v) is 11.4. The molecule has 0 saturated carbocycles. The van der Waals surface area contributed by atoms with Crippen molar-refractivity contribution in [3.8, 4) is 0 Å². The zero-order chi connectivity index (χ0) is 29.4. The number of carbonyl (C=O) groups excluding carboxylic acids is 3. The molecule has 0 spiro atoms. The van der Waals surface area contributed by atoms with Crippen molar-refractivity contribution < 1.29 is 28.6 Å². The Bertz CT molecular complexity index is 1140. The van der Waals surface area contributed by atoms with Gasteiger partial charge < -0.3 is 9.47 Å². The van der Waals surface area contributed by atoms with Crippen LogP contribution >= 0.6 is 0 Å². The normalized spacial score (nSPS) is 10.2. The Balaban J connectivity index is 0.000000326. The molecule has 0 aliphatic rings. The quantitative estimate of drug-likeness (QED) is 0.0421. The van der Waals surface area contributed by atoms with Crippen molar-refractivity contribution in [2.45, 2.75) is 44.9 Å². The summed E-state index contributed by atoms with van der Waals surface area (Å²) < 4.78 is 16.4. The molecule has 3 rings (SSSR count). The monoisotopic (exact) mass is 683 g/mol. The van der Waals surface area contributed by atoms with Crippen LogP contribution in [0.3, 0.4) is 0 Å². The zero-order valence-corrected chi connectivity index (χ0v) is 26.1. The number of esters is 2. The number of ether oxygens (including phenoxy) is 3. The summed E-state index contributed by atoms with van der Waals surface area (Å²) in [5.41, 5.74) is 2.49. The standard InChI is InChI=1S/C14H16N2O2Se.C8H9N2Se.C6H10O4/c1-18-14(17)9-5-8-12-15-16-13(19-12)10-11-6-3-2-4-7-11;9-10-8(11)6-7-4-2-1-3-5-7;1-9-6(8)3-2-4-10-5-7/h2-4,6-7H,5,8-10H2,1H3;1-5H,6,9H2;5H,2-4H2,1H3. The maximum atomic E-state index is 11.0. The van der Waals surface area contributed by atoms with Gasteiger partial charge in [-0.25, -0.2) is 0 Å². The number of nitrogens with zero attached hydrogens (tertiary/aromatic N) is 3. The fraction of sp³-hybridized carbons (Fsp3) is 0.357. The molecule has 12 heteroatoms. The molecule has 1 heterocycles. The number of hydrogen-bond acceptors (Lipinski definition) is 10. The molecule has 40 heavy (non-hydrogen) atoms. The number of carbonyl (C=O) groups is 3. The van der Waals surface area contributed by atoms with Crippen LogP contribution in [0.25, 0.3) is 0 Å². The SMILES string of the molecule is COC(=O)CCCOC=O.COC(=O)CCCc1nnc(Cc2ccccc2)[se]1.NN=C([Se])Cc1ccccc1. The summed E-state index contributed by atoms with van der Waals surface area (Å²) in [7, 11) is 2.74. The average molecular weight is 682 g/mol. The van der Waals surface area contributed by atoms with Crippen molar-refractivity contribution in [3.05, 3.63) is 80.9 Å². The Morgan fingerprint density at radius 1 is 0.900 bits per heavy atom. The summed E-state index contributed by atoms with van der Waals surface area (Å²) >= 11 is 3.04. The number of rotatable bonds is 13. The van der Waals surface area contributed by atoms with Gasteiger partial charge in [0.25, 0.3) is 6.47 Å². The van der Waals surface area contributed by atoms with Gasteiger partial charge in [-0.05, 0) is 6.42 Å². The van der Waals surface area contributed by atoms with Gasteiger partial charge in [-0.3, -0.25) is 9.59 Å². The fourth-order valence-corrected chi connectivity index (χ4v) is 5.26. The van der Waals surface area contributed by atoms with Gasteiger partial charge >= 0.3 is 198 Å². The van der Waals surface area contributed by atoms with Crippen LogP contribution in [0, 0.1) is 0 Å². The molecule has 2 aromatic carbocycles. The van der Waals surface area contributed by atoms with Crippen molar-refractivity contribution in [2.24, 2.45) is 10.9 Å². The van der Waals surface area contributed by atoms with E-state index in [-0.39, 0.29) is 33.0 Å². The molecule has 3 aromatic rings. The third kappa shape index (κ3) is 17.3. The van der Waals surface area contributed by atoms with Crippen LogP contribution in [0.4, 0.5) is 0 Å². The molecule has 0 unspecified atom stereocenters. The third-order valence-electron chi connectivity index (χ3n) is 4.99. The predicted molar refractivity (Wildman–Crippen MR) is 154 cm³/mol. The Labute approximate surface area is 249 Å². The third-order valence-corrected chi connectivity index (χ3v) is 7.57. The number of nitrogens with two attached hydrogens (primary N) is 1. The van der Waals surface area contributed by atoms with Crippen LogP contribution in [0.1, 0.15) is 45.9 Å². The number of hydrazone groups is 1. The van der Waals surface area contributed by atoms with Crippen LogP contribution in [-0.2, 0) is 47.9 Å². The number of benzene rings is 2. The van der Waals surface area contributed by atoms with Gasteiger partial charge in [0, 0.05) is 6.42 Å². The summed E-state index contributed by atoms with van der Waals surface area (Å²) in [4.78, 5) is 31.0. The van der Waals surface area contributed by atoms with E-state index in [0.717, 1.165) is 39.4 Å². The molecule has 0 atom stereocenters. The summed E-state index contributed by atoms with van der Waals surface area (Å²) in [6.45, 7) is 0.635. The molecule has 10 nitrogen and oxygen atoms in total. The molecule has 1 radical (unpaired) electrons. The first-order valence-corrected chi connectivity index (χ1v) is 15.0. The maximum absolute atomic E-state index is 11.0. The van der Waals surface area contributed by atoms with Gasteiger partial charge in [0.05, 0.1) is 13.7 Å². The van der Waals surface area contributed by atoms with Gasteiger partial charge in [-0.2, -0.15) is 0 Å². The van der Waals surface area contributed by atoms with Crippen LogP contribution in [0.5, 0.6) is 0 Å². The molecule has 0 amide bonds. The van der Waals surface area contributed by atoms with Gasteiger partial charge in [-0.15, -0.1) is 0 Å². The van der Waals surface area contributed by atoms with E-state index in [1.165, 1.54) is 25.3 Å². The van der Waals surface area contributed by atoms with Crippen LogP contribution < -0.4 is 5.84 Å². The predicted octanol–water partition coefficient (Wildman–Crippen LogP) is 2.40. The van der Waals surface area contributed by atoms with Crippen molar-refractivity contribution in [2.75, 3.05) is 20.8 Å². The Morgan fingerprint density at radius 2 is 1.45 bits per heavy atom. The Kier molecular flexibility index (Phi) is 19.5. The Hall–Kier alpha value is -3.30. The molecule has 0 fully saturated rings. The zero-order valence-electron chi connectivity index (χ0n) is 22.7. The first-order chi connectivity index (χ1) is 19.4. The molecule has 2 N–H and O–H groups in total. The fourth-order valence-electron chi connectivity index (χ4n) is 2.98. The Morgan fingerprint density at radius 3 is 2.00 bits per heavy atom. The van der Waals surface area contributed by atoms with E-state index in [9.17, 15) is 14.4 Å². The molecule has 0 aliphatic heterocycles. The second-order valence-electron chi connectivity index (χ2n) is 8.01. The van der Waals surface area contributed by atoms with Crippen molar-refractivity contribution in [1.82, 2.24) is 10.2 Å². The number of hydrogen-bond donors (Lipinski definition) is 1. The molecular weight excluding hydrogens is 646 g/mol. The second kappa shape index (κ2) is 22.5. The van der Waals surface area contributed by atoms with E-state index < -0.39 is 0 Å². The minimum absolute atomic E-state index is 0.156. The number of aryl methyl sites for hydroxylation is 1. The van der Waals surface area contributed by atoms with Crippen molar-refractivity contribution in [3.63, 3.8) is 0 Å². The minimum atomic E-state index is -0.283. The van der Waals surface area contributed by atoms with E-state index in [4.69, 9.17) is 5.84 Å². The van der Waals surface area contributed by atoms with Crippen molar-refractivity contribution >= 4 is 53.5 Å². The molecule has 0 aliphatic carbocycles. The van der Waals surface area contributed by atoms with Gasteiger partial charge in [0.1, 0.15) is 0 Å². The van der Waals surface area contributed by atoms with E-state index >= 15 is 0 Å². The number of aromatic nitrogens is 2. The first-order valence-electron chi connectivity index (χ1n) is 12.4. The summed E-state index contributed by atoms with van der Waals surface area (Å²) in [5, 5.41) is 12.0. The summed E-state index contributed by atoms with van der Waals surface area (Å²) in [6, 6.07) is 20.4. The summed E-state index contributed by atoms with van der Waals surface area (Å²) in [5.74, 6) is 4.64. The van der Waals surface area contributed by atoms with Crippen LogP contribution in [0.2, 0.25) is 0 Å². The van der Waals surface area contributed by atoms with E-state index in [2.05, 4.69) is 57.7 Å². The molecule has 0 saturated heterocycles. The molecule has 215 valence electrons. The van der Waals surface area contributed by atoms with E-state index in [0.29, 0.717) is 25.7 Å². The molecular formula is C28H35N4O6Se2. The van der Waals surface area contributed by atoms with Crippen LogP contribution in [-0.4, -0.2) is 84.6 Å². The average Bonchev–Trinajstić information content (AvgIpc) is 3.43. The van der Waals surface area contributed by atoms with Crippen molar-refractivity contribution in [1.29, 1.82) is 0 Å². The van der Waals surface area contributed by atoms with Gasteiger partial charge in [-0.1, -0.05) is 0 Å². The van der Waals surface area contributed by atoms with Gasteiger partial charge in [0.2, 0.25) is 0 Å². The molecule has 1 aromatic heterocycles. The van der Waals surface area contributed by atoms with E-state index in [1.807, 2.05) is 48.5 Å². The first kappa shape index (κ1) is 34.7. The topological polar surface area (TPSA) is 143 Å². The van der Waals surface area contributed by atoms with Gasteiger partial charge in [0.15, 0.2) is 0 Å². The number of methoxy groups -OCH3 is 2. The summed E-state index contributed by atoms with van der Waals surface area (Å²) in [6.07, 6.45) is 4.58.